The Kier molecular flexibility index (Phi) is 8.61. The Morgan fingerprint density at radius 1 is 0.923 bits per heavy atom. The molecule has 0 bridgehead atoms. The van der Waals surface area contributed by atoms with Crippen molar-refractivity contribution >= 4 is 29.3 Å². The van der Waals surface area contributed by atoms with E-state index in [9.17, 15) is 4.79 Å². The lowest BCUT2D eigenvalue weighted by atomic mass is 9.90. The van der Waals surface area contributed by atoms with E-state index in [4.69, 9.17) is 0 Å². The quantitative estimate of drug-likeness (QED) is 0.425. The van der Waals surface area contributed by atoms with Gasteiger partial charge in [-0.25, -0.2) is 0 Å². The van der Waals surface area contributed by atoms with E-state index in [0.29, 0.717) is 0 Å². The summed E-state index contributed by atoms with van der Waals surface area (Å²) < 4.78 is 1.10. The van der Waals surface area contributed by atoms with Gasteiger partial charge < -0.3 is 0 Å². The predicted octanol–water partition coefficient (Wildman–Crippen LogP) is 6.13. The zero-order valence-electron chi connectivity index (χ0n) is 15.5. The second-order valence-corrected chi connectivity index (χ2v) is 8.41. The van der Waals surface area contributed by atoms with Crippen molar-refractivity contribution in [3.8, 4) is 11.8 Å². The van der Waals surface area contributed by atoms with Crippen LogP contribution in [0.1, 0.15) is 37.8 Å². The minimum atomic E-state index is -0.220. The van der Waals surface area contributed by atoms with Gasteiger partial charge in [0, 0.05) is 15.4 Å². The number of Topliss-reactive ketones (excluding diaryl/α,β-unsaturated/α-hetero) is 1. The molecule has 1 nitrogen and oxygen atoms in total. The van der Waals surface area contributed by atoms with E-state index in [1.54, 1.807) is 30.4 Å². The second kappa shape index (κ2) is 11.0. The van der Waals surface area contributed by atoms with Gasteiger partial charge in [-0.05, 0) is 36.1 Å². The Labute approximate surface area is 165 Å². The third kappa shape index (κ3) is 5.83. The van der Waals surface area contributed by atoms with Crippen LogP contribution in [0.2, 0.25) is 0 Å². The van der Waals surface area contributed by atoms with E-state index >= 15 is 0 Å². The molecule has 26 heavy (non-hydrogen) atoms. The summed E-state index contributed by atoms with van der Waals surface area (Å²) in [6.45, 7) is 5.89. The van der Waals surface area contributed by atoms with E-state index in [-0.39, 0.29) is 11.7 Å². The summed E-state index contributed by atoms with van der Waals surface area (Å²) in [5, 5.41) is 0. The molecule has 0 N–H and O–H groups in total. The summed E-state index contributed by atoms with van der Waals surface area (Å²) in [7, 11) is 0. The molecular weight excluding hydrogens is 356 g/mol. The number of benzene rings is 2. The highest BCUT2D eigenvalue weighted by Crippen LogP contribution is 2.38. The molecule has 1 unspecified atom stereocenters. The maximum atomic E-state index is 12.6. The minimum absolute atomic E-state index is 0.0955. The van der Waals surface area contributed by atoms with Gasteiger partial charge in [0.05, 0.1) is 5.92 Å². The first-order valence-electron chi connectivity index (χ1n) is 8.79. The number of hydrogen-bond acceptors (Lipinski definition) is 3. The largest absolute Gasteiger partial charge is 0.295 e. The number of carbonyl (C=O) groups excluding carboxylic acids is 1. The average Bonchev–Trinajstić information content (AvgIpc) is 2.66. The van der Waals surface area contributed by atoms with Crippen LogP contribution in [0.5, 0.6) is 0 Å². The van der Waals surface area contributed by atoms with Crippen LogP contribution in [-0.4, -0.2) is 17.3 Å². The lowest BCUT2D eigenvalue weighted by Crippen LogP contribution is -2.10. The fourth-order valence-corrected chi connectivity index (χ4v) is 4.97. The second-order valence-electron chi connectivity index (χ2n) is 5.60. The molecule has 0 saturated heterocycles. The van der Waals surface area contributed by atoms with Crippen molar-refractivity contribution in [2.75, 3.05) is 11.5 Å². The molecule has 0 amide bonds. The average molecular weight is 381 g/mol. The van der Waals surface area contributed by atoms with E-state index in [0.717, 1.165) is 32.4 Å². The van der Waals surface area contributed by atoms with Crippen molar-refractivity contribution in [3.05, 3.63) is 81.6 Å². The summed E-state index contributed by atoms with van der Waals surface area (Å²) in [5.41, 5.74) is 2.84. The zero-order valence-corrected chi connectivity index (χ0v) is 17.1. The first-order valence-corrected chi connectivity index (χ1v) is 10.8. The fraction of sp³-hybridized carbons (Fsp3) is 0.261. The Morgan fingerprint density at radius 3 is 1.96 bits per heavy atom. The van der Waals surface area contributed by atoms with Gasteiger partial charge >= 0.3 is 0 Å². The SMILES string of the molecule is CCSC(SCC)=C(C(C)=O)C(C#Cc1ccccc1)c1ccccc1. The predicted molar refractivity (Wildman–Crippen MR) is 116 cm³/mol. The number of rotatable bonds is 7. The molecule has 0 aromatic heterocycles. The highest BCUT2D eigenvalue weighted by Gasteiger charge is 2.23. The third-order valence-corrected chi connectivity index (χ3v) is 5.95. The van der Waals surface area contributed by atoms with Gasteiger partial charge in [-0.3, -0.25) is 4.79 Å². The van der Waals surface area contributed by atoms with Gasteiger partial charge in [0.1, 0.15) is 0 Å². The van der Waals surface area contributed by atoms with Gasteiger partial charge in [-0.15, -0.1) is 23.5 Å². The van der Waals surface area contributed by atoms with Gasteiger partial charge in [0.25, 0.3) is 0 Å². The van der Waals surface area contributed by atoms with Crippen molar-refractivity contribution in [1.29, 1.82) is 0 Å². The van der Waals surface area contributed by atoms with Gasteiger partial charge in [-0.1, -0.05) is 74.2 Å². The molecule has 2 aromatic carbocycles. The topological polar surface area (TPSA) is 17.1 Å². The van der Waals surface area contributed by atoms with Gasteiger partial charge in [0.15, 0.2) is 5.78 Å². The van der Waals surface area contributed by atoms with Crippen LogP contribution in [-0.2, 0) is 4.79 Å². The van der Waals surface area contributed by atoms with Crippen LogP contribution < -0.4 is 0 Å². The first kappa shape index (κ1) is 20.4. The van der Waals surface area contributed by atoms with Crippen molar-refractivity contribution in [1.82, 2.24) is 0 Å². The molecule has 1 atom stereocenters. The van der Waals surface area contributed by atoms with Crippen molar-refractivity contribution in [2.24, 2.45) is 0 Å². The first-order chi connectivity index (χ1) is 12.7. The van der Waals surface area contributed by atoms with Crippen molar-refractivity contribution in [3.63, 3.8) is 0 Å². The lowest BCUT2D eigenvalue weighted by molar-refractivity contribution is -0.113. The van der Waals surface area contributed by atoms with Crippen LogP contribution in [0, 0.1) is 11.8 Å². The molecule has 0 aliphatic carbocycles. The summed E-state index contributed by atoms with van der Waals surface area (Å²) in [6, 6.07) is 20.0. The van der Waals surface area contributed by atoms with E-state index < -0.39 is 0 Å². The zero-order chi connectivity index (χ0) is 18.8. The molecule has 0 fully saturated rings. The number of thioether (sulfide) groups is 2. The molecule has 2 aromatic rings. The Hall–Kier alpha value is -1.89. The maximum absolute atomic E-state index is 12.6. The molecule has 3 heteroatoms. The Morgan fingerprint density at radius 2 is 1.46 bits per heavy atom. The van der Waals surface area contributed by atoms with Crippen LogP contribution in [0.15, 0.2) is 70.5 Å². The smallest absolute Gasteiger partial charge is 0.159 e. The monoisotopic (exact) mass is 380 g/mol. The van der Waals surface area contributed by atoms with E-state index in [2.05, 4.69) is 37.8 Å². The number of hydrogen-bond donors (Lipinski definition) is 0. The standard InChI is InChI=1S/C23H24OS2/c1-4-25-23(26-5-2)22(18(3)24)21(20-14-10-7-11-15-20)17-16-19-12-8-6-9-13-19/h6-15,21H,4-5H2,1-3H3. The van der Waals surface area contributed by atoms with Crippen LogP contribution in [0.25, 0.3) is 0 Å². The summed E-state index contributed by atoms with van der Waals surface area (Å²) in [6.07, 6.45) is 0. The molecule has 134 valence electrons. The van der Waals surface area contributed by atoms with Gasteiger partial charge in [-0.2, -0.15) is 0 Å². The Bertz CT molecular complexity index is 790. The normalized spacial score (nSPS) is 11.2. The van der Waals surface area contributed by atoms with Crippen molar-refractivity contribution < 1.29 is 4.79 Å². The molecule has 2 rings (SSSR count). The van der Waals surface area contributed by atoms with Gasteiger partial charge in [0.2, 0.25) is 0 Å². The Balaban J connectivity index is 2.59. The van der Waals surface area contributed by atoms with E-state index in [1.807, 2.05) is 48.5 Å². The van der Waals surface area contributed by atoms with Crippen LogP contribution in [0.3, 0.4) is 0 Å². The summed E-state index contributed by atoms with van der Waals surface area (Å²) in [4.78, 5) is 12.6. The third-order valence-electron chi connectivity index (χ3n) is 3.71. The molecule has 0 heterocycles. The molecule has 0 radical (unpaired) electrons. The molecule has 0 spiro atoms. The summed E-state index contributed by atoms with van der Waals surface area (Å²) in [5.74, 6) is 8.39. The lowest BCUT2D eigenvalue weighted by Gasteiger charge is -2.18. The highest BCUT2D eigenvalue weighted by molar-refractivity contribution is 8.22. The molecule has 0 aliphatic rings. The van der Waals surface area contributed by atoms with Crippen LogP contribution in [0.4, 0.5) is 0 Å². The van der Waals surface area contributed by atoms with Crippen molar-refractivity contribution in [2.45, 2.75) is 26.7 Å². The van der Waals surface area contributed by atoms with Crippen LogP contribution >= 0.6 is 23.5 Å². The number of carbonyl (C=O) groups is 1. The number of allylic oxidation sites excluding steroid dienone is 1. The van der Waals surface area contributed by atoms with E-state index in [1.165, 1.54) is 0 Å². The summed E-state index contributed by atoms with van der Waals surface area (Å²) >= 11 is 3.47. The fourth-order valence-electron chi connectivity index (χ4n) is 2.57. The number of ketones is 1. The highest BCUT2D eigenvalue weighted by atomic mass is 32.2. The molecule has 0 saturated carbocycles. The maximum Gasteiger partial charge on any atom is 0.159 e. The minimum Gasteiger partial charge on any atom is -0.295 e. The molecule has 0 aliphatic heterocycles. The molecular formula is C23H24OS2.